The molecule has 3 aromatic rings. The van der Waals surface area contributed by atoms with Crippen molar-refractivity contribution in [2.45, 2.75) is 10.9 Å². The second-order valence-electron chi connectivity index (χ2n) is 5.03. The Morgan fingerprint density at radius 2 is 1.92 bits per heavy atom. The maximum atomic E-state index is 13.8. The van der Waals surface area contributed by atoms with Crippen LogP contribution in [-0.2, 0) is 14.8 Å². The summed E-state index contributed by atoms with van der Waals surface area (Å²) in [5, 5.41) is 9.84. The minimum atomic E-state index is -4.18. The van der Waals surface area contributed by atoms with E-state index in [1.807, 2.05) is 4.72 Å². The van der Waals surface area contributed by atoms with Gasteiger partial charge in [-0.2, -0.15) is 4.72 Å². The van der Waals surface area contributed by atoms with E-state index in [-0.39, 0.29) is 10.5 Å². The molecule has 0 radical (unpaired) electrons. The molecular weight excluding hydrogens is 337 g/mol. The van der Waals surface area contributed by atoms with Crippen molar-refractivity contribution < 1.29 is 27.1 Å². The lowest BCUT2D eigenvalue weighted by Gasteiger charge is -2.16. The van der Waals surface area contributed by atoms with Crippen molar-refractivity contribution in [3.8, 4) is 0 Å². The first-order valence-corrected chi connectivity index (χ1v) is 8.33. The molecule has 0 spiro atoms. The van der Waals surface area contributed by atoms with Crippen LogP contribution in [0.15, 0.2) is 64.1 Å². The predicted molar refractivity (Wildman–Crippen MR) is 83.3 cm³/mol. The molecule has 1 heterocycles. The molecular formula is C16H12FNO5S. The molecule has 1 unspecified atom stereocenters. The van der Waals surface area contributed by atoms with Gasteiger partial charge in [0.25, 0.3) is 0 Å². The van der Waals surface area contributed by atoms with Gasteiger partial charge in [-0.15, -0.1) is 0 Å². The van der Waals surface area contributed by atoms with E-state index in [1.165, 1.54) is 42.7 Å². The monoisotopic (exact) mass is 349 g/mol. The molecule has 0 aliphatic rings. The van der Waals surface area contributed by atoms with Crippen LogP contribution in [0, 0.1) is 5.82 Å². The minimum absolute atomic E-state index is 0.140. The van der Waals surface area contributed by atoms with Crippen LogP contribution >= 0.6 is 0 Å². The molecule has 1 aromatic heterocycles. The maximum Gasteiger partial charge on any atom is 0.326 e. The zero-order valence-electron chi connectivity index (χ0n) is 12.1. The molecule has 0 saturated carbocycles. The quantitative estimate of drug-likeness (QED) is 0.738. The lowest BCUT2D eigenvalue weighted by Crippen LogP contribution is -2.34. The second-order valence-corrected chi connectivity index (χ2v) is 6.75. The number of carbonyl (C=O) groups is 1. The number of halogens is 1. The highest BCUT2D eigenvalue weighted by Gasteiger charge is 2.29. The molecule has 0 aliphatic carbocycles. The third-order valence-electron chi connectivity index (χ3n) is 3.47. The van der Waals surface area contributed by atoms with Gasteiger partial charge >= 0.3 is 5.97 Å². The Bertz CT molecular complexity index is 1010. The van der Waals surface area contributed by atoms with Gasteiger partial charge in [-0.05, 0) is 30.3 Å². The van der Waals surface area contributed by atoms with Crippen LogP contribution in [0.2, 0.25) is 0 Å². The van der Waals surface area contributed by atoms with Gasteiger partial charge in [-0.1, -0.05) is 18.2 Å². The van der Waals surface area contributed by atoms with E-state index in [0.29, 0.717) is 11.0 Å². The van der Waals surface area contributed by atoms with Gasteiger partial charge in [0.05, 0.1) is 11.2 Å². The zero-order valence-corrected chi connectivity index (χ0v) is 13.0. The first-order chi connectivity index (χ1) is 11.4. The van der Waals surface area contributed by atoms with Gasteiger partial charge < -0.3 is 9.52 Å². The number of furan rings is 1. The van der Waals surface area contributed by atoms with Crippen LogP contribution in [0.3, 0.4) is 0 Å². The molecule has 1 atom stereocenters. The van der Waals surface area contributed by atoms with E-state index in [2.05, 4.69) is 0 Å². The van der Waals surface area contributed by atoms with E-state index >= 15 is 0 Å². The van der Waals surface area contributed by atoms with E-state index in [9.17, 15) is 22.7 Å². The van der Waals surface area contributed by atoms with E-state index in [1.54, 1.807) is 6.07 Å². The average Bonchev–Trinajstić information content (AvgIpc) is 3.01. The molecule has 0 amide bonds. The molecule has 8 heteroatoms. The normalized spacial score (nSPS) is 13.0. The standard InChI is InChI=1S/C16H12FNO5S/c17-13-4-2-1-3-12(13)15(16(19)20)18-24(21,22)11-5-6-14-10(9-11)7-8-23-14/h1-9,15,18H,(H,19,20). The van der Waals surface area contributed by atoms with Crippen LogP contribution < -0.4 is 4.72 Å². The van der Waals surface area contributed by atoms with Crippen molar-refractivity contribution in [3.05, 3.63) is 66.2 Å². The summed E-state index contributed by atoms with van der Waals surface area (Å²) < 4.78 is 45.9. The summed E-state index contributed by atoms with van der Waals surface area (Å²) in [5.41, 5.74) is 0.232. The van der Waals surface area contributed by atoms with E-state index < -0.39 is 27.9 Å². The summed E-state index contributed by atoms with van der Waals surface area (Å²) in [6.45, 7) is 0. The first kappa shape index (κ1) is 16.2. The number of hydrogen-bond acceptors (Lipinski definition) is 4. The number of nitrogens with one attached hydrogen (secondary N) is 1. The Kier molecular flexibility index (Phi) is 4.08. The number of hydrogen-bond donors (Lipinski definition) is 2. The van der Waals surface area contributed by atoms with Crippen LogP contribution in [0.5, 0.6) is 0 Å². The van der Waals surface area contributed by atoms with Crippen LogP contribution in [-0.4, -0.2) is 19.5 Å². The maximum absolute atomic E-state index is 13.8. The fourth-order valence-corrected chi connectivity index (χ4v) is 3.49. The number of aliphatic carboxylic acids is 1. The first-order valence-electron chi connectivity index (χ1n) is 6.85. The highest BCUT2D eigenvalue weighted by atomic mass is 32.2. The minimum Gasteiger partial charge on any atom is -0.480 e. The second kappa shape index (κ2) is 6.06. The molecule has 0 fully saturated rings. The lowest BCUT2D eigenvalue weighted by atomic mass is 10.1. The summed E-state index contributed by atoms with van der Waals surface area (Å²) >= 11 is 0. The zero-order chi connectivity index (χ0) is 17.3. The predicted octanol–water partition coefficient (Wildman–Crippen LogP) is 2.68. The molecule has 0 saturated heterocycles. The van der Waals surface area contributed by atoms with E-state index in [4.69, 9.17) is 4.42 Å². The Hall–Kier alpha value is -2.71. The van der Waals surface area contributed by atoms with E-state index in [0.717, 1.165) is 6.07 Å². The highest BCUT2D eigenvalue weighted by Crippen LogP contribution is 2.23. The Morgan fingerprint density at radius 1 is 1.17 bits per heavy atom. The van der Waals surface area contributed by atoms with Gasteiger partial charge in [0.1, 0.15) is 17.4 Å². The number of fused-ring (bicyclic) bond motifs is 1. The molecule has 0 bridgehead atoms. The number of rotatable bonds is 5. The summed E-state index contributed by atoms with van der Waals surface area (Å²) in [5.74, 6) is -2.31. The molecule has 0 aliphatic heterocycles. The number of sulfonamides is 1. The molecule has 124 valence electrons. The molecule has 24 heavy (non-hydrogen) atoms. The third kappa shape index (κ3) is 3.01. The van der Waals surface area contributed by atoms with Crippen molar-refractivity contribution in [1.82, 2.24) is 4.72 Å². The van der Waals surface area contributed by atoms with Crippen molar-refractivity contribution in [2.75, 3.05) is 0 Å². The van der Waals surface area contributed by atoms with Crippen molar-refractivity contribution in [3.63, 3.8) is 0 Å². The molecule has 3 rings (SSSR count). The smallest absolute Gasteiger partial charge is 0.326 e. The van der Waals surface area contributed by atoms with Gasteiger partial charge in [0, 0.05) is 10.9 Å². The van der Waals surface area contributed by atoms with Gasteiger partial charge in [0.2, 0.25) is 10.0 Å². The number of benzene rings is 2. The fourth-order valence-electron chi connectivity index (χ4n) is 2.29. The molecule has 6 nitrogen and oxygen atoms in total. The van der Waals surface area contributed by atoms with Crippen molar-refractivity contribution in [2.24, 2.45) is 0 Å². The third-order valence-corrected chi connectivity index (χ3v) is 4.89. The highest BCUT2D eigenvalue weighted by molar-refractivity contribution is 7.89. The largest absolute Gasteiger partial charge is 0.480 e. The van der Waals surface area contributed by atoms with Crippen molar-refractivity contribution >= 4 is 27.0 Å². The summed E-state index contributed by atoms with van der Waals surface area (Å²) in [7, 11) is -4.18. The lowest BCUT2D eigenvalue weighted by molar-refractivity contribution is -0.139. The number of carboxylic acid groups (broad SMARTS) is 1. The Balaban J connectivity index is 1.99. The van der Waals surface area contributed by atoms with Gasteiger partial charge in [0.15, 0.2) is 0 Å². The Labute approximate surface area is 136 Å². The molecule has 2 N–H and O–H groups in total. The SMILES string of the molecule is O=C(O)C(NS(=O)(=O)c1ccc2occc2c1)c1ccccc1F. The fraction of sp³-hybridized carbons (Fsp3) is 0.0625. The van der Waals surface area contributed by atoms with Gasteiger partial charge in [-0.3, -0.25) is 4.79 Å². The van der Waals surface area contributed by atoms with Crippen molar-refractivity contribution in [1.29, 1.82) is 0 Å². The summed E-state index contributed by atoms with van der Waals surface area (Å²) in [4.78, 5) is 11.3. The summed E-state index contributed by atoms with van der Waals surface area (Å²) in [6.07, 6.45) is 1.41. The summed E-state index contributed by atoms with van der Waals surface area (Å²) in [6, 6.07) is 9.04. The van der Waals surface area contributed by atoms with Crippen LogP contribution in [0.25, 0.3) is 11.0 Å². The average molecular weight is 349 g/mol. The number of carboxylic acids is 1. The topological polar surface area (TPSA) is 96.6 Å². The molecule has 2 aromatic carbocycles. The Morgan fingerprint density at radius 3 is 2.62 bits per heavy atom. The van der Waals surface area contributed by atoms with Gasteiger partial charge in [-0.25, -0.2) is 12.8 Å². The van der Waals surface area contributed by atoms with Crippen LogP contribution in [0.1, 0.15) is 11.6 Å². The van der Waals surface area contributed by atoms with Crippen LogP contribution in [0.4, 0.5) is 4.39 Å².